The minimum Gasteiger partial charge on any atom is -0.424 e. The van der Waals surface area contributed by atoms with Gasteiger partial charge in [-0.25, -0.2) is 10.2 Å². The molecule has 0 aliphatic carbocycles. The number of aromatic nitrogens is 3. The fraction of sp³-hybridized carbons (Fsp3) is 0.250. The van der Waals surface area contributed by atoms with E-state index in [1.165, 1.54) is 18.2 Å². The van der Waals surface area contributed by atoms with Crippen molar-refractivity contribution in [1.82, 2.24) is 15.0 Å². The van der Waals surface area contributed by atoms with Crippen molar-refractivity contribution in [2.45, 2.75) is 6.92 Å². The molecule has 7 nitrogen and oxygen atoms in total. The Labute approximate surface area is 115 Å². The van der Waals surface area contributed by atoms with Crippen LogP contribution in [0.5, 0.6) is 11.8 Å². The molecule has 0 radical (unpaired) electrons. The second kappa shape index (κ2) is 5.66. The van der Waals surface area contributed by atoms with Crippen molar-refractivity contribution in [3.63, 3.8) is 0 Å². The van der Waals surface area contributed by atoms with Crippen LogP contribution < -0.4 is 20.9 Å². The summed E-state index contributed by atoms with van der Waals surface area (Å²) in [4.78, 5) is 13.9. The summed E-state index contributed by atoms with van der Waals surface area (Å²) >= 11 is 0. The van der Waals surface area contributed by atoms with E-state index in [1.807, 2.05) is 0 Å². The molecule has 20 heavy (non-hydrogen) atoms. The number of hydrogen-bond donors (Lipinski definition) is 2. The Bertz CT molecular complexity index is 619. The Kier molecular flexibility index (Phi) is 3.94. The first-order chi connectivity index (χ1) is 9.49. The van der Waals surface area contributed by atoms with Crippen LogP contribution in [0.25, 0.3) is 0 Å². The highest BCUT2D eigenvalue weighted by Crippen LogP contribution is 2.24. The fourth-order valence-corrected chi connectivity index (χ4v) is 1.48. The molecule has 0 atom stereocenters. The quantitative estimate of drug-likeness (QED) is 0.646. The predicted molar refractivity (Wildman–Crippen MR) is 73.2 cm³/mol. The minimum atomic E-state index is -0.330. The van der Waals surface area contributed by atoms with E-state index < -0.39 is 0 Å². The molecule has 1 aromatic heterocycles. The lowest BCUT2D eigenvalue weighted by atomic mass is 10.2. The third kappa shape index (κ3) is 3.09. The Morgan fingerprint density at radius 2 is 2.00 bits per heavy atom. The second-order valence-corrected chi connectivity index (χ2v) is 4.29. The lowest BCUT2D eigenvalue weighted by Gasteiger charge is -2.13. The molecule has 2 rings (SSSR count). The van der Waals surface area contributed by atoms with Gasteiger partial charge in [0.25, 0.3) is 0 Å². The largest absolute Gasteiger partial charge is 0.424 e. The van der Waals surface area contributed by atoms with Crippen LogP contribution in [0.4, 0.5) is 16.3 Å². The zero-order valence-corrected chi connectivity index (χ0v) is 11.4. The normalized spacial score (nSPS) is 10.2. The van der Waals surface area contributed by atoms with Gasteiger partial charge in [0.15, 0.2) is 0 Å². The molecule has 0 saturated heterocycles. The van der Waals surface area contributed by atoms with Gasteiger partial charge in [0, 0.05) is 14.1 Å². The SMILES string of the molecule is Cc1cc(F)ccc1Oc1nc(NN)nc(N(C)C)n1. The van der Waals surface area contributed by atoms with Crippen LogP contribution in [0.2, 0.25) is 0 Å². The number of benzene rings is 1. The van der Waals surface area contributed by atoms with Gasteiger partial charge < -0.3 is 9.64 Å². The van der Waals surface area contributed by atoms with Crippen molar-refractivity contribution in [1.29, 1.82) is 0 Å². The molecule has 0 bridgehead atoms. The van der Waals surface area contributed by atoms with E-state index in [4.69, 9.17) is 10.6 Å². The summed E-state index contributed by atoms with van der Waals surface area (Å²) in [6, 6.07) is 4.26. The Balaban J connectivity index is 2.34. The van der Waals surface area contributed by atoms with Gasteiger partial charge in [-0.2, -0.15) is 15.0 Å². The van der Waals surface area contributed by atoms with Crippen LogP contribution in [0.15, 0.2) is 18.2 Å². The zero-order valence-electron chi connectivity index (χ0n) is 11.4. The lowest BCUT2D eigenvalue weighted by molar-refractivity contribution is 0.436. The minimum absolute atomic E-state index is 0.0753. The number of nitrogen functional groups attached to an aromatic ring is 1. The molecular weight excluding hydrogens is 263 g/mol. The van der Waals surface area contributed by atoms with E-state index >= 15 is 0 Å². The monoisotopic (exact) mass is 278 g/mol. The summed E-state index contributed by atoms with van der Waals surface area (Å²) < 4.78 is 18.6. The smallest absolute Gasteiger partial charge is 0.328 e. The van der Waals surface area contributed by atoms with Gasteiger partial charge in [-0.1, -0.05) is 0 Å². The summed E-state index contributed by atoms with van der Waals surface area (Å²) in [7, 11) is 3.56. The first-order valence-corrected chi connectivity index (χ1v) is 5.83. The lowest BCUT2D eigenvalue weighted by Crippen LogP contribution is -2.17. The van der Waals surface area contributed by atoms with Crippen molar-refractivity contribution in [2.75, 3.05) is 24.4 Å². The Hall–Kier alpha value is -2.48. The van der Waals surface area contributed by atoms with Crippen LogP contribution in [0.3, 0.4) is 0 Å². The zero-order chi connectivity index (χ0) is 14.7. The van der Waals surface area contributed by atoms with Gasteiger partial charge in [-0.05, 0) is 30.7 Å². The molecule has 1 aromatic carbocycles. The molecule has 0 amide bonds. The van der Waals surface area contributed by atoms with Crippen LogP contribution in [0, 0.1) is 12.7 Å². The topological polar surface area (TPSA) is 89.2 Å². The number of hydrazine groups is 1. The van der Waals surface area contributed by atoms with E-state index in [0.717, 1.165) is 0 Å². The van der Waals surface area contributed by atoms with E-state index in [9.17, 15) is 4.39 Å². The maximum Gasteiger partial charge on any atom is 0.328 e. The van der Waals surface area contributed by atoms with E-state index in [0.29, 0.717) is 17.3 Å². The molecule has 8 heteroatoms. The summed E-state index contributed by atoms with van der Waals surface area (Å²) in [6.07, 6.45) is 0. The maximum atomic E-state index is 13.0. The number of rotatable bonds is 4. The van der Waals surface area contributed by atoms with Crippen LogP contribution in [-0.4, -0.2) is 29.0 Å². The predicted octanol–water partition coefficient (Wildman–Crippen LogP) is 1.46. The molecule has 0 unspecified atom stereocenters. The number of anilines is 2. The first kappa shape index (κ1) is 13.9. The van der Waals surface area contributed by atoms with Crippen LogP contribution >= 0.6 is 0 Å². The molecule has 2 aromatic rings. The molecule has 0 aliphatic rings. The van der Waals surface area contributed by atoms with Gasteiger partial charge in [0.1, 0.15) is 11.6 Å². The highest BCUT2D eigenvalue weighted by atomic mass is 19.1. The summed E-state index contributed by atoms with van der Waals surface area (Å²) in [5, 5.41) is 0. The van der Waals surface area contributed by atoms with Crippen LogP contribution in [-0.2, 0) is 0 Å². The molecule has 0 saturated carbocycles. The van der Waals surface area contributed by atoms with E-state index in [-0.39, 0.29) is 17.8 Å². The van der Waals surface area contributed by atoms with E-state index in [1.54, 1.807) is 25.9 Å². The molecule has 0 fully saturated rings. The summed E-state index contributed by atoms with van der Waals surface area (Å²) in [5.74, 6) is 6.01. The van der Waals surface area contributed by atoms with Crippen molar-refractivity contribution in [2.24, 2.45) is 5.84 Å². The average molecular weight is 278 g/mol. The van der Waals surface area contributed by atoms with Crippen molar-refractivity contribution >= 4 is 11.9 Å². The standard InChI is InChI=1S/C12H15FN6O/c1-7-6-8(13)4-5-9(7)20-12-16-10(18-14)15-11(17-12)19(2)3/h4-6H,14H2,1-3H3,(H,15,16,17,18). The van der Waals surface area contributed by atoms with Gasteiger partial charge in [0.2, 0.25) is 11.9 Å². The Morgan fingerprint density at radius 3 is 2.60 bits per heavy atom. The molecule has 0 aliphatic heterocycles. The number of nitrogens with one attached hydrogen (secondary N) is 1. The summed E-state index contributed by atoms with van der Waals surface area (Å²) in [6.45, 7) is 1.73. The highest BCUT2D eigenvalue weighted by Gasteiger charge is 2.10. The molecular formula is C12H15FN6O. The number of nitrogens with zero attached hydrogens (tertiary/aromatic N) is 4. The second-order valence-electron chi connectivity index (χ2n) is 4.29. The average Bonchev–Trinajstić information content (AvgIpc) is 2.41. The fourth-order valence-electron chi connectivity index (χ4n) is 1.48. The molecule has 3 N–H and O–H groups in total. The maximum absolute atomic E-state index is 13.0. The highest BCUT2D eigenvalue weighted by molar-refractivity contribution is 5.39. The molecule has 106 valence electrons. The van der Waals surface area contributed by atoms with Gasteiger partial charge in [-0.3, -0.25) is 5.43 Å². The number of ether oxygens (including phenoxy) is 1. The Morgan fingerprint density at radius 1 is 1.25 bits per heavy atom. The third-order valence-corrected chi connectivity index (χ3v) is 2.47. The molecule has 1 heterocycles. The number of nitrogens with two attached hydrogens (primary N) is 1. The third-order valence-electron chi connectivity index (χ3n) is 2.47. The number of halogens is 1. The van der Waals surface area contributed by atoms with Crippen molar-refractivity contribution in [3.05, 3.63) is 29.6 Å². The number of hydrogen-bond acceptors (Lipinski definition) is 7. The van der Waals surface area contributed by atoms with Crippen molar-refractivity contribution < 1.29 is 9.13 Å². The number of aryl methyl sites for hydroxylation is 1. The van der Waals surface area contributed by atoms with Gasteiger partial charge >= 0.3 is 6.01 Å². The summed E-state index contributed by atoms with van der Waals surface area (Å²) in [5.41, 5.74) is 2.98. The van der Waals surface area contributed by atoms with Gasteiger partial charge in [-0.15, -0.1) is 0 Å². The molecule has 0 spiro atoms. The first-order valence-electron chi connectivity index (χ1n) is 5.83. The van der Waals surface area contributed by atoms with E-state index in [2.05, 4.69) is 20.4 Å². The van der Waals surface area contributed by atoms with Gasteiger partial charge in [0.05, 0.1) is 0 Å². The van der Waals surface area contributed by atoms with Crippen LogP contribution in [0.1, 0.15) is 5.56 Å². The van der Waals surface area contributed by atoms with Crippen molar-refractivity contribution in [3.8, 4) is 11.8 Å².